The maximum Gasteiger partial charge on any atom is 0.221 e. The van der Waals surface area contributed by atoms with Gasteiger partial charge in [-0.3, -0.25) is 9.69 Å². The first-order valence-corrected chi connectivity index (χ1v) is 7.80. The second-order valence-electron chi connectivity index (χ2n) is 5.12. The largest absolute Gasteiger partial charge is 0.375 e. The van der Waals surface area contributed by atoms with Gasteiger partial charge < -0.3 is 11.1 Å². The monoisotopic (exact) mass is 302 g/mol. The summed E-state index contributed by atoms with van der Waals surface area (Å²) in [5.74, 6) is 0.107. The molecule has 1 amide bonds. The lowest BCUT2D eigenvalue weighted by atomic mass is 10.0. The third-order valence-electron chi connectivity index (χ3n) is 3.66. The summed E-state index contributed by atoms with van der Waals surface area (Å²) in [5.41, 5.74) is 6.88. The normalized spacial score (nSPS) is 20.0. The molecule has 3 N–H and O–H groups in total. The molecule has 110 valence electrons. The zero-order chi connectivity index (χ0) is 14.7. The van der Waals surface area contributed by atoms with Crippen LogP contribution in [0.25, 0.3) is 0 Å². The summed E-state index contributed by atoms with van der Waals surface area (Å²) in [6, 6.07) is 10.3. The highest BCUT2D eigenvalue weighted by atomic mass is 32.1. The molecule has 1 fully saturated rings. The molecule has 2 aromatic rings. The van der Waals surface area contributed by atoms with E-state index >= 15 is 0 Å². The van der Waals surface area contributed by atoms with Gasteiger partial charge in [-0.15, -0.1) is 11.3 Å². The molecule has 0 spiro atoms. The average Bonchev–Trinajstić information content (AvgIpc) is 2.80. The zero-order valence-electron chi connectivity index (χ0n) is 11.7. The van der Waals surface area contributed by atoms with Gasteiger partial charge in [0, 0.05) is 43.2 Å². The van der Waals surface area contributed by atoms with Crippen molar-refractivity contribution in [1.82, 2.24) is 15.2 Å². The Morgan fingerprint density at radius 2 is 2.19 bits per heavy atom. The van der Waals surface area contributed by atoms with Crippen LogP contribution in [0.4, 0.5) is 5.13 Å². The third kappa shape index (κ3) is 3.40. The summed E-state index contributed by atoms with van der Waals surface area (Å²) >= 11 is 1.51. The molecule has 1 aliphatic heterocycles. The molecule has 1 saturated heterocycles. The molecular formula is C15H18N4OS. The number of nitrogens with two attached hydrogens (primary N) is 1. The highest BCUT2D eigenvalue weighted by Gasteiger charge is 2.26. The Hall–Kier alpha value is -1.92. The van der Waals surface area contributed by atoms with Crippen LogP contribution in [-0.2, 0) is 11.3 Å². The lowest BCUT2D eigenvalue weighted by Crippen LogP contribution is -2.30. The number of carbonyl (C=O) groups is 1. The van der Waals surface area contributed by atoms with Crippen molar-refractivity contribution in [3.05, 3.63) is 47.0 Å². The highest BCUT2D eigenvalue weighted by molar-refractivity contribution is 7.15. The van der Waals surface area contributed by atoms with Gasteiger partial charge in [0.15, 0.2) is 5.13 Å². The van der Waals surface area contributed by atoms with Gasteiger partial charge in [-0.2, -0.15) is 0 Å². The number of thiazole rings is 1. The first kappa shape index (κ1) is 14.0. The predicted octanol–water partition coefficient (Wildman–Crippen LogP) is 1.79. The molecule has 21 heavy (non-hydrogen) atoms. The lowest BCUT2D eigenvalue weighted by molar-refractivity contribution is -0.121. The molecule has 3 rings (SSSR count). The number of amides is 1. The van der Waals surface area contributed by atoms with E-state index < -0.39 is 0 Å². The molecule has 5 nitrogen and oxygen atoms in total. The fourth-order valence-corrected chi connectivity index (χ4v) is 3.37. The van der Waals surface area contributed by atoms with E-state index in [1.54, 1.807) is 0 Å². The Bertz CT molecular complexity index is 613. The molecule has 1 atom stereocenters. The summed E-state index contributed by atoms with van der Waals surface area (Å²) in [5, 5.41) is 3.54. The molecular weight excluding hydrogens is 284 g/mol. The van der Waals surface area contributed by atoms with Crippen molar-refractivity contribution in [3.63, 3.8) is 0 Å². The minimum atomic E-state index is 0.0945. The molecule has 6 heteroatoms. The lowest BCUT2D eigenvalue weighted by Gasteiger charge is -2.28. The number of nitrogens with one attached hydrogen (secondary N) is 1. The molecule has 1 aliphatic rings. The maximum atomic E-state index is 11.9. The summed E-state index contributed by atoms with van der Waals surface area (Å²) in [4.78, 5) is 19.5. The van der Waals surface area contributed by atoms with E-state index in [0.29, 0.717) is 18.1 Å². The van der Waals surface area contributed by atoms with Crippen LogP contribution in [0.2, 0.25) is 0 Å². The van der Waals surface area contributed by atoms with E-state index in [9.17, 15) is 4.79 Å². The average molecular weight is 302 g/mol. The minimum absolute atomic E-state index is 0.0945. The molecule has 1 unspecified atom stereocenters. The Labute approximate surface area is 127 Å². The first-order chi connectivity index (χ1) is 10.2. The van der Waals surface area contributed by atoms with Crippen molar-refractivity contribution in [2.24, 2.45) is 0 Å². The number of anilines is 1. The molecule has 0 aliphatic carbocycles. The number of nitrogens with zero attached hydrogens (tertiary/aromatic N) is 2. The Morgan fingerprint density at radius 3 is 2.90 bits per heavy atom. The van der Waals surface area contributed by atoms with Crippen LogP contribution in [0.3, 0.4) is 0 Å². The second kappa shape index (κ2) is 6.24. The number of hydrogen-bond acceptors (Lipinski definition) is 5. The fourth-order valence-electron chi connectivity index (χ4n) is 2.66. The smallest absolute Gasteiger partial charge is 0.221 e. The predicted molar refractivity (Wildman–Crippen MR) is 83.7 cm³/mol. The number of nitrogen functional groups attached to an aromatic ring is 1. The molecule has 0 saturated carbocycles. The van der Waals surface area contributed by atoms with Crippen molar-refractivity contribution in [2.75, 3.05) is 18.8 Å². The van der Waals surface area contributed by atoms with Gasteiger partial charge in [-0.05, 0) is 5.56 Å². The second-order valence-corrected chi connectivity index (χ2v) is 6.26. The van der Waals surface area contributed by atoms with E-state index in [2.05, 4.69) is 27.3 Å². The number of hydrogen-bond donors (Lipinski definition) is 2. The molecule has 0 bridgehead atoms. The topological polar surface area (TPSA) is 71.2 Å². The standard InChI is InChI=1S/C15H18N4OS/c16-15-18-9-12(21-15)10-19-7-6-17-14(20)8-13(19)11-4-2-1-3-5-11/h1-5,9,13H,6-8,10H2,(H2,16,18)(H,17,20). The van der Waals surface area contributed by atoms with Gasteiger partial charge in [-0.1, -0.05) is 30.3 Å². The highest BCUT2D eigenvalue weighted by Crippen LogP contribution is 2.28. The van der Waals surface area contributed by atoms with Gasteiger partial charge in [0.05, 0.1) is 0 Å². The minimum Gasteiger partial charge on any atom is -0.375 e. The van der Waals surface area contributed by atoms with Crippen LogP contribution >= 0.6 is 11.3 Å². The van der Waals surface area contributed by atoms with Crippen LogP contribution in [0.15, 0.2) is 36.5 Å². The number of aromatic nitrogens is 1. The van der Waals surface area contributed by atoms with Crippen molar-refractivity contribution in [2.45, 2.75) is 19.0 Å². The zero-order valence-corrected chi connectivity index (χ0v) is 12.5. The van der Waals surface area contributed by atoms with Crippen molar-refractivity contribution < 1.29 is 4.79 Å². The number of rotatable bonds is 3. The van der Waals surface area contributed by atoms with Gasteiger partial charge in [0.1, 0.15) is 0 Å². The Balaban J connectivity index is 1.85. The van der Waals surface area contributed by atoms with Crippen molar-refractivity contribution in [1.29, 1.82) is 0 Å². The van der Waals surface area contributed by atoms with Gasteiger partial charge in [-0.25, -0.2) is 4.98 Å². The maximum absolute atomic E-state index is 11.9. The van der Waals surface area contributed by atoms with Crippen LogP contribution in [0.1, 0.15) is 22.9 Å². The third-order valence-corrected chi connectivity index (χ3v) is 4.47. The summed E-state index contributed by atoms with van der Waals surface area (Å²) < 4.78 is 0. The Kier molecular flexibility index (Phi) is 4.17. The van der Waals surface area contributed by atoms with Gasteiger partial charge in [0.2, 0.25) is 5.91 Å². The molecule has 0 radical (unpaired) electrons. The van der Waals surface area contributed by atoms with E-state index in [-0.39, 0.29) is 11.9 Å². The van der Waals surface area contributed by atoms with E-state index in [1.807, 2.05) is 24.4 Å². The van der Waals surface area contributed by atoms with Gasteiger partial charge >= 0.3 is 0 Å². The summed E-state index contributed by atoms with van der Waals surface area (Å²) in [6.45, 7) is 2.27. The SMILES string of the molecule is Nc1ncc(CN2CCNC(=O)CC2c2ccccc2)s1. The Morgan fingerprint density at radius 1 is 1.38 bits per heavy atom. The number of carbonyl (C=O) groups excluding carboxylic acids is 1. The first-order valence-electron chi connectivity index (χ1n) is 6.98. The fraction of sp³-hybridized carbons (Fsp3) is 0.333. The van der Waals surface area contributed by atoms with E-state index in [0.717, 1.165) is 18.0 Å². The molecule has 1 aromatic heterocycles. The number of benzene rings is 1. The summed E-state index contributed by atoms with van der Waals surface area (Å²) in [7, 11) is 0. The van der Waals surface area contributed by atoms with Crippen molar-refractivity contribution in [3.8, 4) is 0 Å². The van der Waals surface area contributed by atoms with Crippen LogP contribution in [0, 0.1) is 0 Å². The van der Waals surface area contributed by atoms with Crippen LogP contribution < -0.4 is 11.1 Å². The van der Waals surface area contributed by atoms with Gasteiger partial charge in [0.25, 0.3) is 0 Å². The molecule has 2 heterocycles. The van der Waals surface area contributed by atoms with Crippen molar-refractivity contribution >= 4 is 22.4 Å². The summed E-state index contributed by atoms with van der Waals surface area (Å²) in [6.07, 6.45) is 2.31. The van der Waals surface area contributed by atoms with Crippen LogP contribution in [-0.4, -0.2) is 28.9 Å². The van der Waals surface area contributed by atoms with E-state index in [4.69, 9.17) is 5.73 Å². The molecule has 1 aromatic carbocycles. The quantitative estimate of drug-likeness (QED) is 0.907. The van der Waals surface area contributed by atoms with E-state index in [1.165, 1.54) is 16.9 Å². The van der Waals surface area contributed by atoms with Crippen LogP contribution in [0.5, 0.6) is 0 Å².